The number of hydrogen-bond acceptors (Lipinski definition) is 5. The van der Waals surface area contributed by atoms with Crippen molar-refractivity contribution in [3.05, 3.63) is 17.3 Å². The number of thiazole rings is 1. The van der Waals surface area contributed by atoms with Crippen LogP contribution in [0, 0.1) is 0 Å². The molecule has 3 rings (SSSR count). The molecular weight excluding hydrogens is 260 g/mol. The minimum absolute atomic E-state index is 0.535. The van der Waals surface area contributed by atoms with E-state index in [4.69, 9.17) is 0 Å². The van der Waals surface area contributed by atoms with E-state index >= 15 is 0 Å². The van der Waals surface area contributed by atoms with Gasteiger partial charge in [0.2, 0.25) is 0 Å². The summed E-state index contributed by atoms with van der Waals surface area (Å²) in [7, 11) is 2.16. The summed E-state index contributed by atoms with van der Waals surface area (Å²) in [6.07, 6.45) is 3.95. The van der Waals surface area contributed by atoms with Crippen molar-refractivity contribution in [2.75, 3.05) is 31.6 Å². The predicted molar refractivity (Wildman–Crippen MR) is 77.4 cm³/mol. The lowest BCUT2D eigenvalue weighted by Crippen LogP contribution is -2.51. The zero-order chi connectivity index (χ0) is 13.4. The van der Waals surface area contributed by atoms with Gasteiger partial charge in [-0.2, -0.15) is 0 Å². The van der Waals surface area contributed by atoms with E-state index in [0.717, 1.165) is 43.1 Å². The lowest BCUT2D eigenvalue weighted by Gasteiger charge is -2.39. The number of carbonyl (C=O) groups excluding carboxylic acids is 1. The Bertz CT molecular complexity index is 590. The highest BCUT2D eigenvalue weighted by atomic mass is 32.1. The van der Waals surface area contributed by atoms with Gasteiger partial charge in [-0.25, -0.2) is 4.98 Å². The molecule has 0 saturated carbocycles. The summed E-state index contributed by atoms with van der Waals surface area (Å²) >= 11 is 1.56. The molecule has 1 unspecified atom stereocenters. The Labute approximate surface area is 116 Å². The van der Waals surface area contributed by atoms with Crippen LogP contribution in [0.3, 0.4) is 0 Å². The fraction of sp³-hybridized carbons (Fsp3) is 0.538. The predicted octanol–water partition coefficient (Wildman–Crippen LogP) is 1.74. The Balaban J connectivity index is 1.95. The maximum atomic E-state index is 11.4. The van der Waals surface area contributed by atoms with Gasteiger partial charge in [-0.15, -0.1) is 11.3 Å². The summed E-state index contributed by atoms with van der Waals surface area (Å²) in [6, 6.07) is 0.535. The van der Waals surface area contributed by atoms with Crippen LogP contribution in [0.5, 0.6) is 0 Å². The normalized spacial score (nSPS) is 21.2. The first-order valence-corrected chi connectivity index (χ1v) is 7.48. The Morgan fingerprint density at radius 1 is 1.53 bits per heavy atom. The second-order valence-electron chi connectivity index (χ2n) is 4.98. The first-order valence-electron chi connectivity index (χ1n) is 6.60. The first kappa shape index (κ1) is 12.6. The number of aldehydes is 1. The maximum absolute atomic E-state index is 11.4. The van der Waals surface area contributed by atoms with Gasteiger partial charge < -0.3 is 4.90 Å². The number of fused-ring (bicyclic) bond motifs is 1. The van der Waals surface area contributed by atoms with E-state index in [1.807, 2.05) is 16.0 Å². The van der Waals surface area contributed by atoms with Crippen LogP contribution in [0.1, 0.15) is 23.8 Å². The van der Waals surface area contributed by atoms with E-state index in [1.165, 1.54) is 0 Å². The molecule has 0 aromatic carbocycles. The van der Waals surface area contributed by atoms with Crippen molar-refractivity contribution in [3.8, 4) is 0 Å². The van der Waals surface area contributed by atoms with Crippen LogP contribution in [-0.2, 0) is 0 Å². The number of anilines is 1. The van der Waals surface area contributed by atoms with Gasteiger partial charge in [-0.3, -0.25) is 14.1 Å². The molecule has 0 radical (unpaired) electrons. The highest BCUT2D eigenvalue weighted by Crippen LogP contribution is 2.25. The number of nitrogens with zero attached hydrogens (tertiary/aromatic N) is 4. The largest absolute Gasteiger partial charge is 0.352 e. The van der Waals surface area contributed by atoms with Gasteiger partial charge in [-0.05, 0) is 13.5 Å². The van der Waals surface area contributed by atoms with E-state index < -0.39 is 0 Å². The quantitative estimate of drug-likeness (QED) is 0.802. The van der Waals surface area contributed by atoms with Gasteiger partial charge in [0.05, 0.1) is 0 Å². The smallest absolute Gasteiger partial charge is 0.196 e. The molecule has 5 nitrogen and oxygen atoms in total. The molecule has 19 heavy (non-hydrogen) atoms. The highest BCUT2D eigenvalue weighted by Gasteiger charge is 2.27. The molecule has 3 heterocycles. The summed E-state index contributed by atoms with van der Waals surface area (Å²) in [6.45, 7) is 5.09. The zero-order valence-corrected chi connectivity index (χ0v) is 12.1. The number of carbonyl (C=O) groups is 1. The molecule has 2 aromatic heterocycles. The minimum atomic E-state index is 0.535. The molecule has 1 atom stereocenters. The summed E-state index contributed by atoms with van der Waals surface area (Å²) in [5, 5.41) is 1.96. The van der Waals surface area contributed by atoms with Crippen LogP contribution in [0.2, 0.25) is 0 Å². The molecule has 6 heteroatoms. The zero-order valence-electron chi connectivity index (χ0n) is 11.2. The van der Waals surface area contributed by atoms with Crippen molar-refractivity contribution in [2.45, 2.75) is 19.4 Å². The van der Waals surface area contributed by atoms with E-state index in [1.54, 1.807) is 11.3 Å². The van der Waals surface area contributed by atoms with Crippen molar-refractivity contribution in [1.29, 1.82) is 0 Å². The average Bonchev–Trinajstić information content (AvgIpc) is 2.99. The number of imidazole rings is 1. The molecule has 0 N–H and O–H groups in total. The fourth-order valence-corrected chi connectivity index (χ4v) is 3.43. The van der Waals surface area contributed by atoms with Gasteiger partial charge in [-0.1, -0.05) is 6.92 Å². The average molecular weight is 278 g/mol. The Hall–Kier alpha value is -1.40. The fourth-order valence-electron chi connectivity index (χ4n) is 2.71. The molecule has 1 fully saturated rings. The number of hydrogen-bond donors (Lipinski definition) is 0. The molecule has 102 valence electrons. The molecule has 1 aliphatic rings. The molecule has 2 aromatic rings. The van der Waals surface area contributed by atoms with Crippen LogP contribution in [0.25, 0.3) is 4.96 Å². The third-order valence-electron chi connectivity index (χ3n) is 3.94. The summed E-state index contributed by atoms with van der Waals surface area (Å²) in [4.78, 5) is 21.5. The van der Waals surface area contributed by atoms with E-state index in [2.05, 4.69) is 28.8 Å². The standard InChI is InChI=1S/C13H18N4OS/c1-3-10-8-16(5-4-15(10)2)12-11(9-18)17-6-7-19-13(17)14-12/h6-7,9-10H,3-5,8H2,1-2H3. The molecule has 0 spiro atoms. The number of likely N-dealkylation sites (N-methyl/N-ethyl adjacent to an activating group) is 1. The van der Waals surface area contributed by atoms with Crippen molar-refractivity contribution in [3.63, 3.8) is 0 Å². The SMILES string of the molecule is CCC1CN(c2nc3sccn3c2C=O)CCN1C. The van der Waals surface area contributed by atoms with E-state index in [9.17, 15) is 4.79 Å². The lowest BCUT2D eigenvalue weighted by atomic mass is 10.1. The summed E-state index contributed by atoms with van der Waals surface area (Å²) in [5.74, 6) is 0.841. The van der Waals surface area contributed by atoms with Gasteiger partial charge >= 0.3 is 0 Å². The van der Waals surface area contributed by atoms with Crippen LogP contribution >= 0.6 is 11.3 Å². The third-order valence-corrected chi connectivity index (χ3v) is 4.70. The Morgan fingerprint density at radius 2 is 2.37 bits per heavy atom. The van der Waals surface area contributed by atoms with Crippen LogP contribution < -0.4 is 4.90 Å². The molecule has 0 aliphatic carbocycles. The van der Waals surface area contributed by atoms with Crippen LogP contribution in [-0.4, -0.2) is 53.3 Å². The molecule has 0 amide bonds. The van der Waals surface area contributed by atoms with Crippen LogP contribution in [0.15, 0.2) is 11.6 Å². The summed E-state index contributed by atoms with van der Waals surface area (Å²) in [5.41, 5.74) is 0.677. The second kappa shape index (κ2) is 4.94. The molecular formula is C13H18N4OS. The third kappa shape index (κ3) is 2.04. The van der Waals surface area contributed by atoms with Crippen molar-refractivity contribution in [2.24, 2.45) is 0 Å². The second-order valence-corrected chi connectivity index (χ2v) is 5.86. The monoisotopic (exact) mass is 278 g/mol. The highest BCUT2D eigenvalue weighted by molar-refractivity contribution is 7.15. The Morgan fingerprint density at radius 3 is 3.11 bits per heavy atom. The van der Waals surface area contributed by atoms with Crippen molar-refractivity contribution >= 4 is 28.4 Å². The lowest BCUT2D eigenvalue weighted by molar-refractivity contribution is 0.111. The number of aromatic nitrogens is 2. The van der Waals surface area contributed by atoms with E-state index in [-0.39, 0.29) is 0 Å². The molecule has 0 bridgehead atoms. The molecule has 1 saturated heterocycles. The summed E-state index contributed by atoms with van der Waals surface area (Å²) < 4.78 is 1.88. The van der Waals surface area contributed by atoms with Crippen LogP contribution in [0.4, 0.5) is 5.82 Å². The topological polar surface area (TPSA) is 40.9 Å². The van der Waals surface area contributed by atoms with Gasteiger partial charge in [0, 0.05) is 37.3 Å². The van der Waals surface area contributed by atoms with Crippen molar-refractivity contribution < 1.29 is 4.79 Å². The minimum Gasteiger partial charge on any atom is -0.352 e. The Kier molecular flexibility index (Phi) is 3.28. The number of rotatable bonds is 3. The van der Waals surface area contributed by atoms with Gasteiger partial charge in [0.1, 0.15) is 5.69 Å². The van der Waals surface area contributed by atoms with Gasteiger partial charge in [0.25, 0.3) is 0 Å². The maximum Gasteiger partial charge on any atom is 0.196 e. The molecule has 1 aliphatic heterocycles. The first-order chi connectivity index (χ1) is 9.24. The van der Waals surface area contributed by atoms with Gasteiger partial charge in [0.15, 0.2) is 17.1 Å². The van der Waals surface area contributed by atoms with Crippen molar-refractivity contribution in [1.82, 2.24) is 14.3 Å². The van der Waals surface area contributed by atoms with E-state index in [0.29, 0.717) is 11.7 Å². The number of piperazine rings is 1.